The second-order valence-corrected chi connectivity index (χ2v) is 5.25. The van der Waals surface area contributed by atoms with Gasteiger partial charge in [-0.2, -0.15) is 0 Å². The van der Waals surface area contributed by atoms with Crippen LogP contribution in [-0.4, -0.2) is 12.5 Å². The smallest absolute Gasteiger partial charge is 0.129 e. The van der Waals surface area contributed by atoms with Crippen molar-refractivity contribution in [2.24, 2.45) is 0 Å². The van der Waals surface area contributed by atoms with Crippen LogP contribution in [0, 0.1) is 13.8 Å². The van der Waals surface area contributed by atoms with E-state index < -0.39 is 0 Å². The van der Waals surface area contributed by atoms with E-state index in [1.165, 1.54) is 22.3 Å². The fraction of sp³-hybridized carbons (Fsp3) is 0.467. The van der Waals surface area contributed by atoms with Crippen LogP contribution in [0.5, 0.6) is 5.75 Å². The maximum absolute atomic E-state index is 6.21. The third-order valence-electron chi connectivity index (χ3n) is 3.53. The summed E-state index contributed by atoms with van der Waals surface area (Å²) in [6.07, 6.45) is 5.52. The van der Waals surface area contributed by atoms with Crippen LogP contribution in [-0.2, 0) is 0 Å². The maximum atomic E-state index is 6.21. The van der Waals surface area contributed by atoms with Gasteiger partial charge in [-0.05, 0) is 49.8 Å². The minimum Gasteiger partial charge on any atom is -0.496 e. The van der Waals surface area contributed by atoms with Crippen LogP contribution < -0.4 is 4.74 Å². The molecule has 0 saturated heterocycles. The third-order valence-corrected chi connectivity index (χ3v) is 3.88. The Morgan fingerprint density at radius 1 is 1.29 bits per heavy atom. The summed E-state index contributed by atoms with van der Waals surface area (Å²) in [6.45, 7) is 4.22. The molecule has 1 nitrogen and oxygen atoms in total. The summed E-state index contributed by atoms with van der Waals surface area (Å²) in [7, 11) is 1.74. The summed E-state index contributed by atoms with van der Waals surface area (Å²) in [6, 6.07) is 4.31. The molecule has 1 atom stereocenters. The first-order valence-corrected chi connectivity index (χ1v) is 6.56. The minimum atomic E-state index is 0.171. The molecule has 2 heteroatoms. The van der Waals surface area contributed by atoms with Gasteiger partial charge in [0, 0.05) is 5.56 Å². The molecule has 0 bridgehead atoms. The molecule has 1 unspecified atom stereocenters. The average molecular weight is 251 g/mol. The summed E-state index contributed by atoms with van der Waals surface area (Å²) < 4.78 is 5.56. The van der Waals surface area contributed by atoms with Crippen molar-refractivity contribution in [1.82, 2.24) is 0 Å². The number of halogens is 1. The first-order valence-electron chi connectivity index (χ1n) is 6.13. The molecule has 1 aliphatic carbocycles. The topological polar surface area (TPSA) is 9.23 Å². The highest BCUT2D eigenvalue weighted by Crippen LogP contribution is 2.36. The van der Waals surface area contributed by atoms with Gasteiger partial charge in [0.05, 0.1) is 12.5 Å². The second kappa shape index (κ2) is 5.14. The van der Waals surface area contributed by atoms with Crippen molar-refractivity contribution in [3.63, 3.8) is 0 Å². The van der Waals surface area contributed by atoms with E-state index in [1.807, 2.05) is 0 Å². The van der Waals surface area contributed by atoms with Crippen LogP contribution >= 0.6 is 11.6 Å². The molecule has 1 aromatic rings. The SMILES string of the molecule is COc1c(C2=CC(Cl)CCC2)ccc(C)c1C. The first kappa shape index (κ1) is 12.5. The highest BCUT2D eigenvalue weighted by Gasteiger charge is 2.17. The summed E-state index contributed by atoms with van der Waals surface area (Å²) >= 11 is 6.21. The second-order valence-electron chi connectivity index (χ2n) is 4.69. The van der Waals surface area contributed by atoms with Crippen molar-refractivity contribution in [3.8, 4) is 5.75 Å². The molecule has 0 saturated carbocycles. The quantitative estimate of drug-likeness (QED) is 0.703. The lowest BCUT2D eigenvalue weighted by atomic mass is 9.91. The molecule has 92 valence electrons. The Hall–Kier alpha value is -0.950. The van der Waals surface area contributed by atoms with Crippen LogP contribution in [0.2, 0.25) is 0 Å². The molecule has 0 aliphatic heterocycles. The first-order chi connectivity index (χ1) is 8.13. The van der Waals surface area contributed by atoms with Crippen LogP contribution in [0.25, 0.3) is 5.57 Å². The molecule has 2 rings (SSSR count). The van der Waals surface area contributed by atoms with Gasteiger partial charge in [0.2, 0.25) is 0 Å². The lowest BCUT2D eigenvalue weighted by Gasteiger charge is -2.20. The van der Waals surface area contributed by atoms with E-state index in [2.05, 4.69) is 32.1 Å². The zero-order valence-electron chi connectivity index (χ0n) is 10.7. The number of alkyl halides is 1. The van der Waals surface area contributed by atoms with E-state index in [4.69, 9.17) is 16.3 Å². The van der Waals surface area contributed by atoms with Gasteiger partial charge in [0.25, 0.3) is 0 Å². The molecule has 0 fully saturated rings. The molecule has 17 heavy (non-hydrogen) atoms. The van der Waals surface area contributed by atoms with E-state index >= 15 is 0 Å². The Morgan fingerprint density at radius 2 is 2.06 bits per heavy atom. The van der Waals surface area contributed by atoms with Crippen LogP contribution in [0.15, 0.2) is 18.2 Å². The number of hydrogen-bond donors (Lipinski definition) is 0. The largest absolute Gasteiger partial charge is 0.496 e. The maximum Gasteiger partial charge on any atom is 0.129 e. The van der Waals surface area contributed by atoms with E-state index in [0.29, 0.717) is 0 Å². The van der Waals surface area contributed by atoms with Gasteiger partial charge < -0.3 is 4.74 Å². The van der Waals surface area contributed by atoms with E-state index in [-0.39, 0.29) is 5.38 Å². The van der Waals surface area contributed by atoms with Crippen molar-refractivity contribution in [3.05, 3.63) is 34.9 Å². The lowest BCUT2D eigenvalue weighted by Crippen LogP contribution is -2.04. The highest BCUT2D eigenvalue weighted by molar-refractivity contribution is 6.22. The van der Waals surface area contributed by atoms with Gasteiger partial charge in [-0.15, -0.1) is 11.6 Å². The van der Waals surface area contributed by atoms with E-state index in [1.54, 1.807) is 7.11 Å². The molecule has 0 radical (unpaired) electrons. The van der Waals surface area contributed by atoms with Crippen molar-refractivity contribution >= 4 is 17.2 Å². The Balaban J connectivity index is 2.48. The fourth-order valence-corrected chi connectivity index (χ4v) is 2.71. The van der Waals surface area contributed by atoms with Crippen LogP contribution in [0.1, 0.15) is 36.0 Å². The number of allylic oxidation sites excluding steroid dienone is 2. The van der Waals surface area contributed by atoms with E-state index in [9.17, 15) is 0 Å². The summed E-state index contributed by atoms with van der Waals surface area (Å²) in [5.41, 5.74) is 5.03. The zero-order valence-corrected chi connectivity index (χ0v) is 11.5. The van der Waals surface area contributed by atoms with Gasteiger partial charge in [-0.1, -0.05) is 18.2 Å². The number of methoxy groups -OCH3 is 1. The number of aryl methyl sites for hydroxylation is 1. The average Bonchev–Trinajstić information content (AvgIpc) is 2.32. The minimum absolute atomic E-state index is 0.171. The van der Waals surface area contributed by atoms with E-state index in [0.717, 1.165) is 25.0 Å². The van der Waals surface area contributed by atoms with Crippen molar-refractivity contribution in [2.45, 2.75) is 38.5 Å². The Labute approximate surface area is 108 Å². The number of benzene rings is 1. The normalized spacial score (nSPS) is 20.0. The molecular formula is C15H19ClO. The van der Waals surface area contributed by atoms with Gasteiger partial charge in [0.15, 0.2) is 0 Å². The van der Waals surface area contributed by atoms with Gasteiger partial charge in [-0.3, -0.25) is 0 Å². The highest BCUT2D eigenvalue weighted by atomic mass is 35.5. The number of hydrogen-bond acceptors (Lipinski definition) is 1. The molecule has 0 N–H and O–H groups in total. The predicted molar refractivity (Wildman–Crippen MR) is 73.9 cm³/mol. The summed E-state index contributed by atoms with van der Waals surface area (Å²) in [4.78, 5) is 0. The van der Waals surface area contributed by atoms with Crippen LogP contribution in [0.4, 0.5) is 0 Å². The molecule has 1 aliphatic rings. The van der Waals surface area contributed by atoms with Gasteiger partial charge in [-0.25, -0.2) is 0 Å². The molecule has 1 aromatic carbocycles. The Kier molecular flexibility index (Phi) is 3.78. The van der Waals surface area contributed by atoms with Crippen molar-refractivity contribution in [2.75, 3.05) is 7.11 Å². The molecule has 0 spiro atoms. The van der Waals surface area contributed by atoms with Gasteiger partial charge >= 0.3 is 0 Å². The van der Waals surface area contributed by atoms with Gasteiger partial charge in [0.1, 0.15) is 5.75 Å². The predicted octanol–water partition coefficient (Wildman–Crippen LogP) is 4.49. The van der Waals surface area contributed by atoms with Crippen LogP contribution in [0.3, 0.4) is 0 Å². The number of rotatable bonds is 2. The zero-order chi connectivity index (χ0) is 12.4. The molecule has 0 amide bonds. The molecule has 0 aromatic heterocycles. The summed E-state index contributed by atoms with van der Waals surface area (Å²) in [5.74, 6) is 1.00. The third kappa shape index (κ3) is 2.50. The van der Waals surface area contributed by atoms with Crippen molar-refractivity contribution < 1.29 is 4.74 Å². The Bertz CT molecular complexity index is 448. The summed E-state index contributed by atoms with van der Waals surface area (Å²) in [5, 5.41) is 0.171. The standard InChI is InChI=1S/C15H19ClO/c1-10-7-8-14(15(17-3)11(10)2)12-5-4-6-13(16)9-12/h7-9,13H,4-6H2,1-3H3. The number of ether oxygens (including phenoxy) is 1. The molecular weight excluding hydrogens is 232 g/mol. The monoisotopic (exact) mass is 250 g/mol. The fourth-order valence-electron chi connectivity index (χ4n) is 2.40. The lowest BCUT2D eigenvalue weighted by molar-refractivity contribution is 0.409. The van der Waals surface area contributed by atoms with Crippen molar-refractivity contribution in [1.29, 1.82) is 0 Å². The molecule has 0 heterocycles. The Morgan fingerprint density at radius 3 is 2.71 bits per heavy atom.